The van der Waals surface area contributed by atoms with Crippen molar-refractivity contribution >= 4 is 32.7 Å². The quantitative estimate of drug-likeness (QED) is 0.633. The number of imidazole rings is 1. The summed E-state index contributed by atoms with van der Waals surface area (Å²) in [4.78, 5) is 4.77. The second kappa shape index (κ2) is 7.58. The van der Waals surface area contributed by atoms with E-state index in [9.17, 15) is 0 Å². The molecule has 1 aromatic heterocycles. The number of aromatic nitrogens is 2. The van der Waals surface area contributed by atoms with Gasteiger partial charge in [-0.15, -0.1) is 0 Å². The molecule has 4 nitrogen and oxygen atoms in total. The van der Waals surface area contributed by atoms with Crippen molar-refractivity contribution < 1.29 is 4.74 Å². The van der Waals surface area contributed by atoms with Gasteiger partial charge in [0.05, 0.1) is 11.2 Å². The number of anilines is 1. The largest absolute Gasteiger partial charge is 0.379 e. The van der Waals surface area contributed by atoms with Crippen LogP contribution in [0.2, 0.25) is 0 Å². The highest BCUT2D eigenvalue weighted by atomic mass is 79.9. The number of nitrogens with one attached hydrogen (secondary N) is 1. The molecule has 1 N–H and O–H groups in total. The normalized spacial score (nSPS) is 11.2. The van der Waals surface area contributed by atoms with Crippen molar-refractivity contribution in [1.82, 2.24) is 9.55 Å². The summed E-state index contributed by atoms with van der Waals surface area (Å²) in [5.74, 6) is 0.920. The molecule has 1 heterocycles. The molecule has 25 heavy (non-hydrogen) atoms. The van der Waals surface area contributed by atoms with Gasteiger partial charge in [0, 0.05) is 25.2 Å². The molecule has 3 aromatic rings. The number of rotatable bonds is 6. The lowest BCUT2D eigenvalue weighted by molar-refractivity contribution is 0.176. The summed E-state index contributed by atoms with van der Waals surface area (Å²) in [6.07, 6.45) is 1.04. The summed E-state index contributed by atoms with van der Waals surface area (Å²) in [5, 5.41) is 3.60. The number of halogens is 1. The van der Waals surface area contributed by atoms with E-state index in [1.54, 1.807) is 7.11 Å². The van der Waals surface area contributed by atoms with Crippen molar-refractivity contribution in [2.45, 2.75) is 33.4 Å². The Balaban J connectivity index is 1.98. The zero-order valence-electron chi connectivity index (χ0n) is 15.2. The first-order valence-electron chi connectivity index (χ1n) is 8.50. The fraction of sp³-hybridized carbons (Fsp3) is 0.350. The zero-order chi connectivity index (χ0) is 18.0. The van der Waals surface area contributed by atoms with Crippen LogP contribution in [0, 0.1) is 6.92 Å². The molecule has 0 amide bonds. The second-order valence-electron chi connectivity index (χ2n) is 6.26. The van der Waals surface area contributed by atoms with Gasteiger partial charge in [-0.3, -0.25) is 0 Å². The second-order valence-corrected chi connectivity index (χ2v) is 7.18. The third-order valence-electron chi connectivity index (χ3n) is 4.66. The van der Waals surface area contributed by atoms with Gasteiger partial charge >= 0.3 is 0 Å². The van der Waals surface area contributed by atoms with Crippen LogP contribution in [0.25, 0.3) is 11.0 Å². The van der Waals surface area contributed by atoms with E-state index in [-0.39, 0.29) is 0 Å². The van der Waals surface area contributed by atoms with E-state index < -0.39 is 0 Å². The van der Waals surface area contributed by atoms with E-state index >= 15 is 0 Å². The number of hydrogen-bond donors (Lipinski definition) is 1. The van der Waals surface area contributed by atoms with E-state index in [0.29, 0.717) is 6.61 Å². The maximum Gasteiger partial charge on any atom is 0.135 e. The van der Waals surface area contributed by atoms with Gasteiger partial charge in [-0.1, -0.05) is 41.1 Å². The molecule has 0 radical (unpaired) electrons. The van der Waals surface area contributed by atoms with Crippen molar-refractivity contribution in [3.05, 3.63) is 57.3 Å². The molecular weight excluding hydrogens is 378 g/mol. The van der Waals surface area contributed by atoms with Crippen LogP contribution in [0.3, 0.4) is 0 Å². The molecule has 132 valence electrons. The fourth-order valence-electron chi connectivity index (χ4n) is 3.22. The standard InChI is InChI=1S/C20H24BrN3O/c1-5-14-8-6-7-13(2)16(14)11-22-17-9-15(21)10-18-20(17)23-19(12-25-4)24(18)3/h6-10,22H,5,11-12H2,1-4H3. The van der Waals surface area contributed by atoms with Crippen molar-refractivity contribution in [3.63, 3.8) is 0 Å². The average Bonchev–Trinajstić information content (AvgIpc) is 2.90. The van der Waals surface area contributed by atoms with Crippen LogP contribution in [0.5, 0.6) is 0 Å². The number of hydrogen-bond acceptors (Lipinski definition) is 3. The van der Waals surface area contributed by atoms with Crippen LogP contribution in [0.4, 0.5) is 5.69 Å². The Morgan fingerprint density at radius 1 is 1.28 bits per heavy atom. The minimum absolute atomic E-state index is 0.500. The van der Waals surface area contributed by atoms with Gasteiger partial charge in [0.2, 0.25) is 0 Å². The highest BCUT2D eigenvalue weighted by Gasteiger charge is 2.13. The molecule has 0 saturated heterocycles. The highest BCUT2D eigenvalue weighted by molar-refractivity contribution is 9.10. The topological polar surface area (TPSA) is 39.1 Å². The summed E-state index contributed by atoms with van der Waals surface area (Å²) < 4.78 is 8.39. The number of fused-ring (bicyclic) bond motifs is 1. The Kier molecular flexibility index (Phi) is 5.45. The predicted molar refractivity (Wildman–Crippen MR) is 107 cm³/mol. The minimum atomic E-state index is 0.500. The van der Waals surface area contributed by atoms with Crippen molar-refractivity contribution in [3.8, 4) is 0 Å². The van der Waals surface area contributed by atoms with E-state index in [1.807, 2.05) is 7.05 Å². The van der Waals surface area contributed by atoms with Crippen LogP contribution >= 0.6 is 15.9 Å². The predicted octanol–water partition coefficient (Wildman–Crippen LogP) is 4.97. The lowest BCUT2D eigenvalue weighted by Gasteiger charge is -2.14. The molecule has 0 saturated carbocycles. The Labute approximate surface area is 157 Å². The summed E-state index contributed by atoms with van der Waals surface area (Å²) in [7, 11) is 3.72. The van der Waals surface area contributed by atoms with E-state index in [4.69, 9.17) is 9.72 Å². The molecular formula is C20H24BrN3O. The molecule has 0 bridgehead atoms. The lowest BCUT2D eigenvalue weighted by Crippen LogP contribution is -2.05. The van der Waals surface area contributed by atoms with Crippen LogP contribution in [0.15, 0.2) is 34.8 Å². The van der Waals surface area contributed by atoms with E-state index in [1.165, 1.54) is 16.7 Å². The smallest absolute Gasteiger partial charge is 0.135 e. The van der Waals surface area contributed by atoms with Crippen molar-refractivity contribution in [2.24, 2.45) is 7.05 Å². The average molecular weight is 402 g/mol. The molecule has 0 spiro atoms. The molecule has 0 aliphatic heterocycles. The van der Waals surface area contributed by atoms with Crippen LogP contribution < -0.4 is 5.32 Å². The van der Waals surface area contributed by atoms with Crippen LogP contribution in [-0.4, -0.2) is 16.7 Å². The molecule has 0 aliphatic carbocycles. The monoisotopic (exact) mass is 401 g/mol. The number of benzene rings is 2. The SMILES string of the molecule is CCc1cccc(C)c1CNc1cc(Br)cc2c1nc(COC)n2C. The Morgan fingerprint density at radius 3 is 2.80 bits per heavy atom. The molecule has 2 aromatic carbocycles. The molecule has 0 unspecified atom stereocenters. The fourth-order valence-corrected chi connectivity index (χ4v) is 3.67. The number of ether oxygens (including phenoxy) is 1. The Bertz CT molecular complexity index is 902. The van der Waals surface area contributed by atoms with Gasteiger partial charge in [0.25, 0.3) is 0 Å². The number of methoxy groups -OCH3 is 1. The zero-order valence-corrected chi connectivity index (χ0v) is 16.8. The van der Waals surface area contributed by atoms with Gasteiger partial charge in [-0.25, -0.2) is 4.98 Å². The van der Waals surface area contributed by atoms with Gasteiger partial charge in [-0.05, 0) is 42.2 Å². The number of aryl methyl sites for hydroxylation is 3. The first-order valence-corrected chi connectivity index (χ1v) is 9.29. The molecule has 0 aliphatic rings. The van der Waals surface area contributed by atoms with E-state index in [2.05, 4.69) is 70.0 Å². The lowest BCUT2D eigenvalue weighted by atomic mass is 10.00. The van der Waals surface area contributed by atoms with Gasteiger partial charge in [0.1, 0.15) is 17.9 Å². The summed E-state index contributed by atoms with van der Waals surface area (Å²) in [5.41, 5.74) is 7.17. The highest BCUT2D eigenvalue weighted by Crippen LogP contribution is 2.29. The van der Waals surface area contributed by atoms with E-state index in [0.717, 1.165) is 40.0 Å². The number of nitrogens with zero attached hydrogens (tertiary/aromatic N) is 2. The molecule has 3 rings (SSSR count). The maximum absolute atomic E-state index is 5.27. The van der Waals surface area contributed by atoms with Crippen LogP contribution in [-0.2, 0) is 31.4 Å². The van der Waals surface area contributed by atoms with Crippen LogP contribution in [0.1, 0.15) is 29.4 Å². The summed E-state index contributed by atoms with van der Waals surface area (Å²) in [6.45, 7) is 5.66. The third-order valence-corrected chi connectivity index (χ3v) is 5.12. The first-order chi connectivity index (χ1) is 12.0. The summed E-state index contributed by atoms with van der Waals surface area (Å²) in [6, 6.07) is 10.7. The summed E-state index contributed by atoms with van der Waals surface area (Å²) >= 11 is 3.62. The Hall–Kier alpha value is -1.85. The van der Waals surface area contributed by atoms with Gasteiger partial charge < -0.3 is 14.6 Å². The van der Waals surface area contributed by atoms with Crippen molar-refractivity contribution in [1.29, 1.82) is 0 Å². The third kappa shape index (κ3) is 3.58. The first kappa shape index (κ1) is 18.0. The minimum Gasteiger partial charge on any atom is -0.379 e. The Morgan fingerprint density at radius 2 is 2.08 bits per heavy atom. The van der Waals surface area contributed by atoms with Crippen molar-refractivity contribution in [2.75, 3.05) is 12.4 Å². The maximum atomic E-state index is 5.27. The van der Waals surface area contributed by atoms with Gasteiger partial charge in [0.15, 0.2) is 0 Å². The molecule has 0 atom stereocenters. The van der Waals surface area contributed by atoms with Gasteiger partial charge in [-0.2, -0.15) is 0 Å². The molecule has 5 heteroatoms. The molecule has 0 fully saturated rings.